The first-order chi connectivity index (χ1) is 12.4. The molecule has 1 atom stereocenters. The van der Waals surface area contributed by atoms with E-state index in [4.69, 9.17) is 14.5 Å². The Labute approximate surface area is 184 Å². The van der Waals surface area contributed by atoms with Gasteiger partial charge in [0, 0.05) is 33.4 Å². The van der Waals surface area contributed by atoms with Gasteiger partial charge in [-0.1, -0.05) is 33.6 Å². The summed E-state index contributed by atoms with van der Waals surface area (Å²) in [6, 6.07) is 0. The van der Waals surface area contributed by atoms with Gasteiger partial charge in [0.05, 0.1) is 18.8 Å². The van der Waals surface area contributed by atoms with Gasteiger partial charge in [-0.25, -0.2) is 0 Å². The summed E-state index contributed by atoms with van der Waals surface area (Å²) in [6.07, 6.45) is 8.28. The Morgan fingerprint density at radius 1 is 1.15 bits per heavy atom. The SMILES string of the molecule is CCNC(=NCC(OC)C(C)(C)C)N1CCC(OCC2CCCC2)CC1.I. The molecule has 27 heavy (non-hydrogen) atoms. The van der Waals surface area contributed by atoms with E-state index in [1.54, 1.807) is 7.11 Å². The van der Waals surface area contributed by atoms with Crippen LogP contribution in [0.4, 0.5) is 0 Å². The summed E-state index contributed by atoms with van der Waals surface area (Å²) in [4.78, 5) is 7.26. The molecule has 0 amide bonds. The van der Waals surface area contributed by atoms with E-state index in [1.165, 1.54) is 25.7 Å². The van der Waals surface area contributed by atoms with E-state index < -0.39 is 0 Å². The van der Waals surface area contributed by atoms with E-state index in [-0.39, 0.29) is 35.5 Å². The predicted molar refractivity (Wildman–Crippen MR) is 124 cm³/mol. The number of aliphatic imine (C=N–C) groups is 1. The van der Waals surface area contributed by atoms with Gasteiger partial charge in [-0.15, -0.1) is 24.0 Å². The summed E-state index contributed by atoms with van der Waals surface area (Å²) in [5, 5.41) is 3.45. The average molecular weight is 495 g/mol. The maximum absolute atomic E-state index is 6.21. The summed E-state index contributed by atoms with van der Waals surface area (Å²) < 4.78 is 11.9. The third kappa shape index (κ3) is 8.44. The van der Waals surface area contributed by atoms with Crippen LogP contribution in [0, 0.1) is 11.3 Å². The first kappa shape index (κ1) is 25.0. The number of guanidine groups is 1. The van der Waals surface area contributed by atoms with Crippen molar-refractivity contribution >= 4 is 29.9 Å². The number of nitrogens with zero attached hydrogens (tertiary/aromatic N) is 2. The minimum Gasteiger partial charge on any atom is -0.379 e. The highest BCUT2D eigenvalue weighted by atomic mass is 127. The fourth-order valence-electron chi connectivity index (χ4n) is 3.98. The molecular weight excluding hydrogens is 453 g/mol. The number of hydrogen-bond donors (Lipinski definition) is 1. The normalized spacial score (nSPS) is 21.2. The van der Waals surface area contributed by atoms with E-state index in [0.717, 1.165) is 51.0 Å². The molecular formula is C21H42IN3O2. The van der Waals surface area contributed by atoms with E-state index in [2.05, 4.69) is 37.9 Å². The summed E-state index contributed by atoms with van der Waals surface area (Å²) in [5.74, 6) is 1.84. The maximum atomic E-state index is 6.21. The Morgan fingerprint density at radius 2 is 1.78 bits per heavy atom. The second-order valence-electron chi connectivity index (χ2n) is 8.96. The summed E-state index contributed by atoms with van der Waals surface area (Å²) in [6.45, 7) is 13.3. The minimum atomic E-state index is 0. The van der Waals surface area contributed by atoms with Crippen LogP contribution in [0.25, 0.3) is 0 Å². The van der Waals surface area contributed by atoms with Crippen LogP contribution in [0.2, 0.25) is 0 Å². The summed E-state index contributed by atoms with van der Waals surface area (Å²) in [5.41, 5.74) is 0.0939. The zero-order valence-corrected chi connectivity index (χ0v) is 20.5. The summed E-state index contributed by atoms with van der Waals surface area (Å²) in [7, 11) is 1.78. The van der Waals surface area contributed by atoms with Gasteiger partial charge in [0.15, 0.2) is 5.96 Å². The van der Waals surface area contributed by atoms with Gasteiger partial charge in [0.25, 0.3) is 0 Å². The van der Waals surface area contributed by atoms with Crippen LogP contribution in [0.1, 0.15) is 66.2 Å². The smallest absolute Gasteiger partial charge is 0.194 e. The van der Waals surface area contributed by atoms with Gasteiger partial charge < -0.3 is 19.7 Å². The van der Waals surface area contributed by atoms with Gasteiger partial charge in [-0.3, -0.25) is 4.99 Å². The van der Waals surface area contributed by atoms with E-state index in [0.29, 0.717) is 12.6 Å². The Morgan fingerprint density at radius 3 is 2.30 bits per heavy atom. The number of halogens is 1. The third-order valence-electron chi connectivity index (χ3n) is 5.78. The second kappa shape index (κ2) is 12.5. The molecule has 1 saturated heterocycles. The predicted octanol–water partition coefficient (Wildman–Crippen LogP) is 4.30. The molecule has 0 aromatic rings. The molecule has 2 aliphatic rings. The number of methoxy groups -OCH3 is 1. The topological polar surface area (TPSA) is 46.1 Å². The largest absolute Gasteiger partial charge is 0.379 e. The molecule has 1 heterocycles. The van der Waals surface area contributed by atoms with Crippen molar-refractivity contribution in [3.63, 3.8) is 0 Å². The molecule has 0 spiro atoms. The van der Waals surface area contributed by atoms with Crippen LogP contribution in [0.15, 0.2) is 4.99 Å². The van der Waals surface area contributed by atoms with E-state index in [1.807, 2.05) is 0 Å². The molecule has 1 aliphatic heterocycles. The lowest BCUT2D eigenvalue weighted by molar-refractivity contribution is 0.000738. The summed E-state index contributed by atoms with van der Waals surface area (Å²) >= 11 is 0. The van der Waals surface area contributed by atoms with Crippen molar-refractivity contribution in [2.24, 2.45) is 16.3 Å². The van der Waals surface area contributed by atoms with Gasteiger partial charge in [0.2, 0.25) is 0 Å². The number of rotatable bonds is 7. The van der Waals surface area contributed by atoms with Crippen molar-refractivity contribution in [1.29, 1.82) is 0 Å². The molecule has 1 saturated carbocycles. The molecule has 0 radical (unpaired) electrons. The monoisotopic (exact) mass is 495 g/mol. The van der Waals surface area contributed by atoms with Gasteiger partial charge in [-0.2, -0.15) is 0 Å². The molecule has 2 fully saturated rings. The standard InChI is InChI=1S/C21H41N3O2.HI/c1-6-22-20(23-15-19(25-5)21(2,3)4)24-13-11-18(12-14-24)26-16-17-9-7-8-10-17;/h17-19H,6-16H2,1-5H3,(H,22,23);1H. The first-order valence-electron chi connectivity index (χ1n) is 10.6. The van der Waals surface area contributed by atoms with Crippen molar-refractivity contribution in [2.45, 2.75) is 78.4 Å². The van der Waals surface area contributed by atoms with Crippen LogP contribution in [-0.2, 0) is 9.47 Å². The maximum Gasteiger partial charge on any atom is 0.194 e. The Kier molecular flexibility index (Phi) is 11.5. The number of likely N-dealkylation sites (tertiary alicyclic amines) is 1. The van der Waals surface area contributed by atoms with Crippen molar-refractivity contribution in [2.75, 3.05) is 39.9 Å². The van der Waals surface area contributed by atoms with E-state index >= 15 is 0 Å². The molecule has 1 N–H and O–H groups in total. The molecule has 2 rings (SSSR count). The highest BCUT2D eigenvalue weighted by Gasteiger charge is 2.26. The zero-order valence-electron chi connectivity index (χ0n) is 18.1. The highest BCUT2D eigenvalue weighted by molar-refractivity contribution is 14.0. The van der Waals surface area contributed by atoms with Gasteiger partial charge in [-0.05, 0) is 43.9 Å². The molecule has 160 valence electrons. The van der Waals surface area contributed by atoms with Crippen molar-refractivity contribution in [1.82, 2.24) is 10.2 Å². The molecule has 5 nitrogen and oxygen atoms in total. The Hall–Kier alpha value is -0.0800. The number of ether oxygens (including phenoxy) is 2. The first-order valence-corrected chi connectivity index (χ1v) is 10.6. The van der Waals surface area contributed by atoms with Gasteiger partial charge >= 0.3 is 0 Å². The third-order valence-corrected chi connectivity index (χ3v) is 5.78. The molecule has 6 heteroatoms. The van der Waals surface area contributed by atoms with Crippen LogP contribution in [-0.4, -0.2) is 63.0 Å². The number of hydrogen-bond acceptors (Lipinski definition) is 3. The highest BCUT2D eigenvalue weighted by Crippen LogP contribution is 2.26. The second-order valence-corrected chi connectivity index (χ2v) is 8.96. The lowest BCUT2D eigenvalue weighted by Gasteiger charge is -2.35. The van der Waals surface area contributed by atoms with Crippen LogP contribution in [0.3, 0.4) is 0 Å². The lowest BCUT2D eigenvalue weighted by Crippen LogP contribution is -2.47. The fourth-order valence-corrected chi connectivity index (χ4v) is 3.98. The molecule has 0 bridgehead atoms. The van der Waals surface area contributed by atoms with Crippen molar-refractivity contribution in [3.05, 3.63) is 0 Å². The lowest BCUT2D eigenvalue weighted by atomic mass is 9.89. The van der Waals surface area contributed by atoms with Crippen molar-refractivity contribution < 1.29 is 9.47 Å². The van der Waals surface area contributed by atoms with Crippen molar-refractivity contribution in [3.8, 4) is 0 Å². The minimum absolute atomic E-state index is 0. The Bertz CT molecular complexity index is 426. The van der Waals surface area contributed by atoms with Gasteiger partial charge in [0.1, 0.15) is 0 Å². The van der Waals surface area contributed by atoms with Crippen LogP contribution >= 0.6 is 24.0 Å². The number of nitrogens with one attached hydrogen (secondary N) is 1. The van der Waals surface area contributed by atoms with Crippen LogP contribution in [0.5, 0.6) is 0 Å². The Balaban J connectivity index is 0.00000364. The number of piperidine rings is 1. The molecule has 1 aliphatic carbocycles. The quantitative estimate of drug-likeness (QED) is 0.325. The van der Waals surface area contributed by atoms with E-state index in [9.17, 15) is 0 Å². The molecule has 0 aromatic heterocycles. The molecule has 1 unspecified atom stereocenters. The zero-order chi connectivity index (χ0) is 19.0. The average Bonchev–Trinajstić information content (AvgIpc) is 3.12. The molecule has 0 aromatic carbocycles. The van der Waals surface area contributed by atoms with Crippen LogP contribution < -0.4 is 5.32 Å². The fraction of sp³-hybridized carbons (Fsp3) is 0.952.